The number of nitrogens with zero attached hydrogens (tertiary/aromatic N) is 1. The largest absolute Gasteiger partial charge is 0.508 e. The number of carbonyl (C=O) groups is 1. The molecule has 1 aliphatic heterocycles. The number of amides is 1. The van der Waals surface area contributed by atoms with Crippen LogP contribution >= 0.6 is 0 Å². The second-order valence-electron chi connectivity index (χ2n) is 4.85. The lowest BCUT2D eigenvalue weighted by atomic mass is 10.0. The van der Waals surface area contributed by atoms with E-state index in [1.807, 2.05) is 6.07 Å². The van der Waals surface area contributed by atoms with Gasteiger partial charge in [0.05, 0.1) is 0 Å². The third-order valence-electron chi connectivity index (χ3n) is 3.19. The molecule has 1 heterocycles. The average molecular weight is 314 g/mol. The van der Waals surface area contributed by atoms with E-state index in [9.17, 15) is 15.0 Å². The minimum absolute atomic E-state index is 0.0351. The van der Waals surface area contributed by atoms with Gasteiger partial charge in [-0.1, -0.05) is 41.6 Å². The van der Waals surface area contributed by atoms with Crippen molar-refractivity contribution in [2.75, 3.05) is 0 Å². The highest BCUT2D eigenvalue weighted by Crippen LogP contribution is 2.20. The Morgan fingerprint density at radius 3 is 2.61 bits per heavy atom. The Labute approximate surface area is 131 Å². The summed E-state index contributed by atoms with van der Waals surface area (Å²) in [7, 11) is 0. The molecule has 1 aliphatic rings. The van der Waals surface area contributed by atoms with Crippen molar-refractivity contribution in [3.63, 3.8) is 0 Å². The van der Waals surface area contributed by atoms with Gasteiger partial charge in [-0.25, -0.2) is 4.79 Å². The molecule has 0 aromatic heterocycles. The molecule has 2 unspecified atom stereocenters. The molecule has 3 rings (SSSR count). The molecule has 0 bridgehead atoms. The number of hydrogen-bond acceptors (Lipinski definition) is 6. The van der Waals surface area contributed by atoms with E-state index in [-0.39, 0.29) is 11.5 Å². The third-order valence-corrected chi connectivity index (χ3v) is 3.19. The zero-order valence-corrected chi connectivity index (χ0v) is 11.9. The molecular formula is C16H14N2O5. The van der Waals surface area contributed by atoms with Gasteiger partial charge in [-0.15, -0.1) is 0 Å². The van der Waals surface area contributed by atoms with Gasteiger partial charge in [-0.3, -0.25) is 5.32 Å². The minimum atomic E-state index is -1.23. The summed E-state index contributed by atoms with van der Waals surface area (Å²) in [6.07, 6.45) is -2.96. The van der Waals surface area contributed by atoms with Crippen molar-refractivity contribution >= 4 is 11.8 Å². The van der Waals surface area contributed by atoms with Crippen LogP contribution in [0.1, 0.15) is 5.56 Å². The number of nitrogens with one attached hydrogen (secondary N) is 1. The Morgan fingerprint density at radius 2 is 1.96 bits per heavy atom. The molecule has 1 amide bonds. The number of alkyl carbamates (subject to hydrolysis) is 1. The first-order valence-corrected chi connectivity index (χ1v) is 6.88. The number of ether oxygens (including phenoxy) is 1. The van der Waals surface area contributed by atoms with Gasteiger partial charge in [-0.05, 0) is 12.1 Å². The summed E-state index contributed by atoms with van der Waals surface area (Å²) in [6, 6.07) is 15.0. The molecule has 0 spiro atoms. The third kappa shape index (κ3) is 3.41. The molecule has 0 saturated carbocycles. The summed E-state index contributed by atoms with van der Waals surface area (Å²) in [5.74, 6) is 0.346. The average Bonchev–Trinajstić information content (AvgIpc) is 2.87. The predicted octanol–water partition coefficient (Wildman–Crippen LogP) is 1.60. The molecule has 23 heavy (non-hydrogen) atoms. The molecule has 2 aromatic rings. The highest BCUT2D eigenvalue weighted by Gasteiger charge is 2.37. The maximum absolute atomic E-state index is 11.3. The fraction of sp³-hybridized carbons (Fsp3) is 0.125. The first-order valence-electron chi connectivity index (χ1n) is 6.88. The number of aliphatic hydroxyl groups is 1. The number of phenolic OH excluding ortho intramolecular Hbond substituents is 1. The fourth-order valence-corrected chi connectivity index (χ4v) is 2.14. The van der Waals surface area contributed by atoms with Crippen LogP contribution < -0.4 is 10.2 Å². The minimum Gasteiger partial charge on any atom is -0.508 e. The topological polar surface area (TPSA) is 100 Å². The van der Waals surface area contributed by atoms with Gasteiger partial charge in [0.1, 0.15) is 11.5 Å². The molecule has 2 aromatic carbocycles. The Hall–Kier alpha value is -3.06. The molecule has 7 nitrogen and oxygen atoms in total. The molecule has 7 heteroatoms. The van der Waals surface area contributed by atoms with E-state index in [4.69, 9.17) is 9.57 Å². The van der Waals surface area contributed by atoms with Crippen LogP contribution in [0, 0.1) is 0 Å². The number of hydrogen-bond donors (Lipinski definition) is 3. The van der Waals surface area contributed by atoms with E-state index >= 15 is 0 Å². The normalized spacial score (nSPS) is 20.7. The molecule has 3 N–H and O–H groups in total. The van der Waals surface area contributed by atoms with Gasteiger partial charge in [-0.2, -0.15) is 0 Å². The van der Waals surface area contributed by atoms with E-state index in [1.165, 1.54) is 12.1 Å². The molecule has 2 atom stereocenters. The van der Waals surface area contributed by atoms with Crippen LogP contribution in [0.15, 0.2) is 59.8 Å². The quantitative estimate of drug-likeness (QED) is 0.588. The summed E-state index contributed by atoms with van der Waals surface area (Å²) in [6.45, 7) is 0. The predicted molar refractivity (Wildman–Crippen MR) is 81.1 cm³/mol. The second-order valence-corrected chi connectivity index (χ2v) is 4.85. The van der Waals surface area contributed by atoms with Crippen molar-refractivity contribution in [1.29, 1.82) is 0 Å². The van der Waals surface area contributed by atoms with Crippen molar-refractivity contribution in [2.45, 2.75) is 12.3 Å². The Kier molecular flexibility index (Phi) is 4.11. The van der Waals surface area contributed by atoms with Crippen LogP contribution in [-0.2, 0) is 4.74 Å². The zero-order chi connectivity index (χ0) is 16.2. The van der Waals surface area contributed by atoms with E-state index in [0.717, 1.165) is 0 Å². The number of aliphatic hydroxyl groups excluding tert-OH is 1. The number of aromatic hydroxyl groups is 1. The summed E-state index contributed by atoms with van der Waals surface area (Å²) in [5, 5.41) is 25.6. The van der Waals surface area contributed by atoms with E-state index in [0.29, 0.717) is 11.3 Å². The number of carbonyl (C=O) groups excluding carboxylic acids is 1. The van der Waals surface area contributed by atoms with Gasteiger partial charge in [0, 0.05) is 11.6 Å². The van der Waals surface area contributed by atoms with Gasteiger partial charge in [0.2, 0.25) is 0 Å². The maximum atomic E-state index is 11.3. The molecular weight excluding hydrogens is 300 g/mol. The fourth-order valence-electron chi connectivity index (χ4n) is 2.14. The number of rotatable bonds is 4. The van der Waals surface area contributed by atoms with E-state index in [1.54, 1.807) is 36.4 Å². The zero-order valence-electron chi connectivity index (χ0n) is 11.9. The standard InChI is InChI=1S/C16H14N2O5/c19-11-7-4-8-12(9-11)23-18-13(10-5-2-1-3-6-10)14-15(20)17-16(21)22-14/h1-9,14-15,19-20H,(H,17,21)/b18-13-. The Balaban J connectivity index is 1.92. The monoisotopic (exact) mass is 314 g/mol. The molecule has 1 fully saturated rings. The van der Waals surface area contributed by atoms with Gasteiger partial charge < -0.3 is 19.8 Å². The number of oxime groups is 1. The van der Waals surface area contributed by atoms with Crippen LogP contribution in [0.25, 0.3) is 0 Å². The summed E-state index contributed by atoms with van der Waals surface area (Å²) in [4.78, 5) is 16.6. The van der Waals surface area contributed by atoms with Crippen LogP contribution in [0.2, 0.25) is 0 Å². The second kappa shape index (κ2) is 6.37. The lowest BCUT2D eigenvalue weighted by Crippen LogP contribution is -2.37. The SMILES string of the molecule is O=C1NC(O)C(/C(=N\Oc2cccc(O)c2)c2ccccc2)O1. The van der Waals surface area contributed by atoms with Crippen molar-refractivity contribution in [1.82, 2.24) is 5.32 Å². The van der Waals surface area contributed by atoms with Crippen molar-refractivity contribution in [3.05, 3.63) is 60.2 Å². The molecule has 0 aliphatic carbocycles. The van der Waals surface area contributed by atoms with E-state index in [2.05, 4.69) is 10.5 Å². The first-order chi connectivity index (χ1) is 11.1. The molecule has 0 radical (unpaired) electrons. The first kappa shape index (κ1) is 14.9. The Morgan fingerprint density at radius 1 is 1.17 bits per heavy atom. The van der Waals surface area contributed by atoms with Crippen molar-refractivity contribution in [2.24, 2.45) is 5.16 Å². The summed E-state index contributed by atoms with van der Waals surface area (Å²) in [5.41, 5.74) is 0.882. The van der Waals surface area contributed by atoms with Crippen molar-refractivity contribution in [3.8, 4) is 11.5 Å². The van der Waals surface area contributed by atoms with Crippen molar-refractivity contribution < 1.29 is 24.6 Å². The smallest absolute Gasteiger partial charge is 0.410 e. The number of phenols is 1. The molecule has 1 saturated heterocycles. The lowest BCUT2D eigenvalue weighted by molar-refractivity contribution is 0.0948. The Bertz CT molecular complexity index is 732. The summed E-state index contributed by atoms with van der Waals surface area (Å²) >= 11 is 0. The lowest BCUT2D eigenvalue weighted by Gasteiger charge is -2.14. The van der Waals surface area contributed by atoms with Gasteiger partial charge in [0.15, 0.2) is 18.1 Å². The highest BCUT2D eigenvalue weighted by atomic mass is 16.6. The van der Waals surface area contributed by atoms with E-state index < -0.39 is 18.4 Å². The number of benzene rings is 2. The molecule has 118 valence electrons. The van der Waals surface area contributed by atoms with Gasteiger partial charge >= 0.3 is 6.09 Å². The highest BCUT2D eigenvalue weighted by molar-refractivity contribution is 6.05. The summed E-state index contributed by atoms with van der Waals surface area (Å²) < 4.78 is 5.04. The maximum Gasteiger partial charge on any atom is 0.410 e. The van der Waals surface area contributed by atoms with Crippen LogP contribution in [0.4, 0.5) is 4.79 Å². The van der Waals surface area contributed by atoms with Gasteiger partial charge in [0.25, 0.3) is 0 Å². The van der Waals surface area contributed by atoms with Crippen LogP contribution in [-0.4, -0.2) is 34.3 Å². The van der Waals surface area contributed by atoms with Crippen LogP contribution in [0.3, 0.4) is 0 Å². The van der Waals surface area contributed by atoms with Crippen LogP contribution in [0.5, 0.6) is 11.5 Å². The number of cyclic esters (lactones) is 1.